The molecule has 126 valence electrons. The number of rotatable bonds is 10. The van der Waals surface area contributed by atoms with Gasteiger partial charge in [0.05, 0.1) is 18.9 Å². The SMILES string of the molecule is COCCOc1cc(C)ccc1NS(=O)(=O)N(C)CCOC. The average molecular weight is 332 g/mol. The number of nitrogens with one attached hydrogen (secondary N) is 1. The van der Waals surface area contributed by atoms with Crippen molar-refractivity contribution in [3.8, 4) is 5.75 Å². The van der Waals surface area contributed by atoms with Gasteiger partial charge in [-0.3, -0.25) is 4.72 Å². The van der Waals surface area contributed by atoms with E-state index in [9.17, 15) is 8.42 Å². The Morgan fingerprint density at radius 2 is 1.82 bits per heavy atom. The number of likely N-dealkylation sites (N-methyl/N-ethyl adjacent to an activating group) is 1. The summed E-state index contributed by atoms with van der Waals surface area (Å²) in [6.45, 7) is 3.26. The van der Waals surface area contributed by atoms with E-state index in [1.165, 1.54) is 18.5 Å². The topological polar surface area (TPSA) is 77.1 Å². The summed E-state index contributed by atoms with van der Waals surface area (Å²) in [6, 6.07) is 5.28. The Morgan fingerprint density at radius 1 is 1.14 bits per heavy atom. The number of benzene rings is 1. The molecule has 0 saturated carbocycles. The average Bonchev–Trinajstić information content (AvgIpc) is 2.47. The molecule has 0 spiro atoms. The van der Waals surface area contributed by atoms with Crippen LogP contribution in [0.1, 0.15) is 5.56 Å². The van der Waals surface area contributed by atoms with E-state index >= 15 is 0 Å². The number of methoxy groups -OCH3 is 2. The number of ether oxygens (including phenoxy) is 3. The molecule has 0 atom stereocenters. The molecule has 0 fully saturated rings. The summed E-state index contributed by atoms with van der Waals surface area (Å²) in [4.78, 5) is 0. The molecule has 1 rings (SSSR count). The van der Waals surface area contributed by atoms with Gasteiger partial charge in [0.1, 0.15) is 12.4 Å². The monoisotopic (exact) mass is 332 g/mol. The third-order valence-electron chi connectivity index (χ3n) is 2.94. The van der Waals surface area contributed by atoms with Crippen LogP contribution >= 0.6 is 0 Å². The molecule has 0 aromatic heterocycles. The maximum Gasteiger partial charge on any atom is 0.301 e. The lowest BCUT2D eigenvalue weighted by Crippen LogP contribution is -2.35. The van der Waals surface area contributed by atoms with Gasteiger partial charge in [-0.05, 0) is 24.6 Å². The summed E-state index contributed by atoms with van der Waals surface area (Å²) in [5.41, 5.74) is 1.37. The van der Waals surface area contributed by atoms with Gasteiger partial charge in [-0.2, -0.15) is 12.7 Å². The van der Waals surface area contributed by atoms with Crippen molar-refractivity contribution in [1.29, 1.82) is 0 Å². The third kappa shape index (κ3) is 5.80. The van der Waals surface area contributed by atoms with Crippen LogP contribution in [-0.4, -0.2) is 60.4 Å². The molecule has 0 radical (unpaired) electrons. The van der Waals surface area contributed by atoms with Crippen molar-refractivity contribution in [2.75, 3.05) is 52.4 Å². The minimum absolute atomic E-state index is 0.261. The normalized spacial score (nSPS) is 11.7. The molecule has 0 unspecified atom stereocenters. The molecule has 1 N–H and O–H groups in total. The molecule has 7 nitrogen and oxygen atoms in total. The van der Waals surface area contributed by atoms with Gasteiger partial charge in [0.2, 0.25) is 0 Å². The molecule has 0 saturated heterocycles. The molecule has 0 aliphatic heterocycles. The number of anilines is 1. The van der Waals surface area contributed by atoms with Crippen LogP contribution in [0.5, 0.6) is 5.75 Å². The lowest BCUT2D eigenvalue weighted by molar-refractivity contribution is 0.146. The van der Waals surface area contributed by atoms with Gasteiger partial charge in [0.15, 0.2) is 0 Å². The zero-order valence-electron chi connectivity index (χ0n) is 13.5. The van der Waals surface area contributed by atoms with Crippen molar-refractivity contribution < 1.29 is 22.6 Å². The van der Waals surface area contributed by atoms with Crippen molar-refractivity contribution in [3.63, 3.8) is 0 Å². The zero-order valence-corrected chi connectivity index (χ0v) is 14.3. The van der Waals surface area contributed by atoms with E-state index in [0.29, 0.717) is 31.3 Å². The Balaban J connectivity index is 2.86. The smallest absolute Gasteiger partial charge is 0.301 e. The second kappa shape index (κ2) is 8.94. The maximum atomic E-state index is 12.3. The Morgan fingerprint density at radius 3 is 2.45 bits per heavy atom. The van der Waals surface area contributed by atoms with Crippen molar-refractivity contribution in [1.82, 2.24) is 4.31 Å². The van der Waals surface area contributed by atoms with Gasteiger partial charge >= 0.3 is 10.2 Å². The van der Waals surface area contributed by atoms with E-state index in [4.69, 9.17) is 14.2 Å². The lowest BCUT2D eigenvalue weighted by Gasteiger charge is -2.19. The van der Waals surface area contributed by atoms with Crippen molar-refractivity contribution in [3.05, 3.63) is 23.8 Å². The summed E-state index contributed by atoms with van der Waals surface area (Å²) in [7, 11) is 0.928. The number of hydrogen-bond donors (Lipinski definition) is 1. The largest absolute Gasteiger partial charge is 0.489 e. The molecular weight excluding hydrogens is 308 g/mol. The molecule has 0 amide bonds. The maximum absolute atomic E-state index is 12.3. The van der Waals surface area contributed by atoms with Crippen molar-refractivity contribution in [2.24, 2.45) is 0 Å². The Hall–Kier alpha value is -1.35. The molecule has 1 aromatic carbocycles. The summed E-state index contributed by atoms with van der Waals surface area (Å²) in [5, 5.41) is 0. The molecule has 0 aliphatic carbocycles. The van der Waals surface area contributed by atoms with Crippen LogP contribution in [0.4, 0.5) is 5.69 Å². The second-order valence-corrected chi connectivity index (χ2v) is 6.54. The van der Waals surface area contributed by atoms with Crippen LogP contribution in [0.3, 0.4) is 0 Å². The van der Waals surface area contributed by atoms with Crippen LogP contribution in [0.2, 0.25) is 0 Å². The third-order valence-corrected chi connectivity index (χ3v) is 4.42. The second-order valence-electron chi connectivity index (χ2n) is 4.76. The minimum atomic E-state index is -3.66. The Labute approximate surface area is 132 Å². The molecule has 1 aromatic rings. The van der Waals surface area contributed by atoms with Gasteiger partial charge in [-0.1, -0.05) is 6.07 Å². The van der Waals surface area contributed by atoms with E-state index in [1.807, 2.05) is 13.0 Å². The quantitative estimate of drug-likeness (QED) is 0.653. The highest BCUT2D eigenvalue weighted by molar-refractivity contribution is 7.90. The molecule has 0 aliphatic rings. The van der Waals surface area contributed by atoms with Crippen LogP contribution in [0.15, 0.2) is 18.2 Å². The number of hydrogen-bond acceptors (Lipinski definition) is 5. The van der Waals surface area contributed by atoms with Crippen molar-refractivity contribution in [2.45, 2.75) is 6.92 Å². The molecule has 0 bridgehead atoms. The summed E-state index contributed by atoms with van der Waals surface area (Å²) in [6.07, 6.45) is 0. The van der Waals surface area contributed by atoms with Crippen LogP contribution < -0.4 is 9.46 Å². The molecule has 0 heterocycles. The fraction of sp³-hybridized carbons (Fsp3) is 0.571. The number of aryl methyl sites for hydroxylation is 1. The van der Waals surface area contributed by atoms with Crippen LogP contribution in [0.25, 0.3) is 0 Å². The highest BCUT2D eigenvalue weighted by Gasteiger charge is 2.19. The van der Waals surface area contributed by atoms with Gasteiger partial charge in [-0.15, -0.1) is 0 Å². The number of nitrogens with zero attached hydrogens (tertiary/aromatic N) is 1. The highest BCUT2D eigenvalue weighted by Crippen LogP contribution is 2.27. The minimum Gasteiger partial charge on any atom is -0.489 e. The van der Waals surface area contributed by atoms with Crippen molar-refractivity contribution >= 4 is 15.9 Å². The van der Waals surface area contributed by atoms with Gasteiger partial charge in [0, 0.05) is 27.8 Å². The fourth-order valence-corrected chi connectivity index (χ4v) is 2.54. The molecular formula is C14H24N2O5S. The predicted octanol–water partition coefficient (Wildman–Crippen LogP) is 1.26. The highest BCUT2D eigenvalue weighted by atomic mass is 32.2. The first-order valence-electron chi connectivity index (χ1n) is 6.86. The Kier molecular flexibility index (Phi) is 7.60. The van der Waals surface area contributed by atoms with E-state index < -0.39 is 10.2 Å². The zero-order chi connectivity index (χ0) is 16.6. The fourth-order valence-electron chi connectivity index (χ4n) is 1.63. The van der Waals surface area contributed by atoms with E-state index in [1.54, 1.807) is 19.2 Å². The lowest BCUT2D eigenvalue weighted by atomic mass is 10.2. The van der Waals surface area contributed by atoms with E-state index in [0.717, 1.165) is 5.56 Å². The van der Waals surface area contributed by atoms with Gasteiger partial charge in [-0.25, -0.2) is 0 Å². The van der Waals surface area contributed by atoms with E-state index in [2.05, 4.69) is 4.72 Å². The van der Waals surface area contributed by atoms with E-state index in [-0.39, 0.29) is 6.54 Å². The van der Waals surface area contributed by atoms with Crippen LogP contribution in [0, 0.1) is 6.92 Å². The predicted molar refractivity (Wildman–Crippen MR) is 85.6 cm³/mol. The standard InChI is InChI=1S/C14H24N2O5S/c1-12-5-6-13(14(11-12)21-10-9-20-4)15-22(17,18)16(2)7-8-19-3/h5-6,11,15H,7-10H2,1-4H3. The molecule has 22 heavy (non-hydrogen) atoms. The van der Waals surface area contributed by atoms with Gasteiger partial charge in [0.25, 0.3) is 0 Å². The van der Waals surface area contributed by atoms with Gasteiger partial charge < -0.3 is 14.2 Å². The summed E-state index contributed by atoms with van der Waals surface area (Å²) >= 11 is 0. The summed E-state index contributed by atoms with van der Waals surface area (Å²) in [5.74, 6) is 0.473. The summed E-state index contributed by atoms with van der Waals surface area (Å²) < 4.78 is 43.6. The first-order chi connectivity index (χ1) is 10.4. The Bertz CT molecular complexity index is 562. The first kappa shape index (κ1) is 18.7. The van der Waals surface area contributed by atoms with Crippen LogP contribution in [-0.2, 0) is 19.7 Å². The first-order valence-corrected chi connectivity index (χ1v) is 8.30. The molecule has 8 heteroatoms.